The largest absolute Gasteiger partial charge is 0.493 e. The first-order chi connectivity index (χ1) is 19.1. The molecule has 1 aliphatic heterocycles. The maximum Gasteiger partial charge on any atom is 0.213 e. The van der Waals surface area contributed by atoms with Gasteiger partial charge in [0.2, 0.25) is 5.88 Å². The number of imidazole rings is 1. The van der Waals surface area contributed by atoms with E-state index in [4.69, 9.17) is 24.2 Å². The van der Waals surface area contributed by atoms with E-state index in [0.717, 1.165) is 77.8 Å². The third-order valence-electron chi connectivity index (χ3n) is 7.68. The maximum atomic E-state index is 5.50. The summed E-state index contributed by atoms with van der Waals surface area (Å²) in [5, 5.41) is 0. The number of methoxy groups -OCH3 is 3. The molecule has 1 saturated heterocycles. The van der Waals surface area contributed by atoms with Gasteiger partial charge < -0.3 is 24.1 Å². The number of anilines is 1. The van der Waals surface area contributed by atoms with Crippen LogP contribution in [0.3, 0.4) is 0 Å². The number of rotatable bonds is 7. The van der Waals surface area contributed by atoms with Gasteiger partial charge in [0.05, 0.1) is 32.7 Å². The summed E-state index contributed by atoms with van der Waals surface area (Å²) in [5.41, 5.74) is 7.50. The molecular weight excluding hydrogens is 492 g/mol. The van der Waals surface area contributed by atoms with E-state index in [1.165, 1.54) is 5.57 Å². The minimum atomic E-state index is 0.360. The second-order valence-corrected chi connectivity index (χ2v) is 9.92. The number of nitrogens with one attached hydrogen (secondary N) is 1. The van der Waals surface area contributed by atoms with Gasteiger partial charge in [-0.1, -0.05) is 0 Å². The van der Waals surface area contributed by atoms with Gasteiger partial charge in [0, 0.05) is 54.5 Å². The molecule has 0 amide bonds. The lowest BCUT2D eigenvalue weighted by Gasteiger charge is -2.32. The highest BCUT2D eigenvalue weighted by Crippen LogP contribution is 2.38. The Morgan fingerprint density at radius 2 is 1.72 bits per heavy atom. The van der Waals surface area contributed by atoms with E-state index in [1.54, 1.807) is 33.9 Å². The van der Waals surface area contributed by atoms with Crippen LogP contribution in [0.15, 0.2) is 42.9 Å². The smallest absolute Gasteiger partial charge is 0.213 e. The first-order valence-electron chi connectivity index (χ1n) is 13.2. The van der Waals surface area contributed by atoms with Crippen LogP contribution in [0.5, 0.6) is 17.4 Å². The zero-order chi connectivity index (χ0) is 26.9. The molecule has 1 aromatic carbocycles. The van der Waals surface area contributed by atoms with E-state index in [9.17, 15) is 0 Å². The number of allylic oxidation sites excluding steroid dienone is 1. The minimum absolute atomic E-state index is 0.360. The zero-order valence-corrected chi connectivity index (χ0v) is 22.7. The van der Waals surface area contributed by atoms with Crippen molar-refractivity contribution in [3.05, 3.63) is 71.2 Å². The van der Waals surface area contributed by atoms with Gasteiger partial charge in [-0.25, -0.2) is 19.9 Å². The molecule has 1 N–H and O–H groups in total. The van der Waals surface area contributed by atoms with Gasteiger partial charge in [-0.3, -0.25) is 0 Å². The molecule has 6 rings (SSSR count). The van der Waals surface area contributed by atoms with Crippen molar-refractivity contribution in [3.8, 4) is 28.6 Å². The van der Waals surface area contributed by atoms with Crippen molar-refractivity contribution < 1.29 is 14.2 Å². The summed E-state index contributed by atoms with van der Waals surface area (Å²) < 4.78 is 16.2. The molecule has 200 valence electrons. The molecule has 4 aromatic rings. The average molecular weight is 525 g/mol. The zero-order valence-electron chi connectivity index (χ0n) is 22.7. The van der Waals surface area contributed by atoms with Crippen LogP contribution in [0, 0.1) is 6.92 Å². The fourth-order valence-electron chi connectivity index (χ4n) is 5.58. The highest BCUT2D eigenvalue weighted by atomic mass is 16.5. The molecule has 0 saturated carbocycles. The number of aromatic amines is 1. The summed E-state index contributed by atoms with van der Waals surface area (Å²) in [6.45, 7) is 3.89. The Labute approximate surface area is 227 Å². The van der Waals surface area contributed by atoms with Crippen molar-refractivity contribution in [2.75, 3.05) is 39.3 Å². The lowest BCUT2D eigenvalue weighted by Crippen LogP contribution is -2.34. The number of benzene rings is 1. The standard InChI is InChI=1S/C30H32N6O3/c1-18-28(21-5-6-25(37-2)26(15-21)38-3)35-29(34-18)19-8-11-36(12-9-19)30-23-13-22(14-24(23)32-17-33-30)20-7-10-31-27(16-20)39-4/h5-7,10,13,15-17,19H,8-9,11-12,14H2,1-4H3,(H,34,35). The van der Waals surface area contributed by atoms with E-state index < -0.39 is 0 Å². The lowest BCUT2D eigenvalue weighted by atomic mass is 9.96. The van der Waals surface area contributed by atoms with Gasteiger partial charge in [-0.05, 0) is 61.2 Å². The van der Waals surface area contributed by atoms with Crippen molar-refractivity contribution in [1.82, 2.24) is 24.9 Å². The first-order valence-corrected chi connectivity index (χ1v) is 13.2. The Balaban J connectivity index is 1.19. The quantitative estimate of drug-likeness (QED) is 0.358. The Hall–Kier alpha value is -4.40. The topological polar surface area (TPSA) is 98.3 Å². The van der Waals surface area contributed by atoms with Crippen LogP contribution in [0.2, 0.25) is 0 Å². The third kappa shape index (κ3) is 4.69. The normalized spacial score (nSPS) is 15.2. The monoisotopic (exact) mass is 524 g/mol. The number of hydrogen-bond donors (Lipinski definition) is 1. The third-order valence-corrected chi connectivity index (χ3v) is 7.68. The summed E-state index contributed by atoms with van der Waals surface area (Å²) in [4.78, 5) is 24.5. The molecule has 0 spiro atoms. The highest BCUT2D eigenvalue weighted by Gasteiger charge is 2.28. The number of H-pyrrole nitrogens is 1. The number of fused-ring (bicyclic) bond motifs is 1. The van der Waals surface area contributed by atoms with E-state index in [2.05, 4.69) is 32.9 Å². The van der Waals surface area contributed by atoms with Crippen molar-refractivity contribution in [1.29, 1.82) is 0 Å². The molecule has 4 heterocycles. The van der Waals surface area contributed by atoms with Crippen molar-refractivity contribution in [3.63, 3.8) is 0 Å². The molecule has 0 radical (unpaired) electrons. The number of hydrogen-bond acceptors (Lipinski definition) is 8. The van der Waals surface area contributed by atoms with Crippen LogP contribution in [0.4, 0.5) is 5.82 Å². The summed E-state index contributed by atoms with van der Waals surface area (Å²) in [5.74, 6) is 4.43. The van der Waals surface area contributed by atoms with Gasteiger partial charge in [0.1, 0.15) is 18.0 Å². The van der Waals surface area contributed by atoms with E-state index >= 15 is 0 Å². The van der Waals surface area contributed by atoms with Crippen molar-refractivity contribution in [2.45, 2.75) is 32.1 Å². The molecule has 0 atom stereocenters. The fraction of sp³-hybridized carbons (Fsp3) is 0.333. The Kier molecular flexibility index (Phi) is 6.64. The predicted molar refractivity (Wildman–Crippen MR) is 150 cm³/mol. The van der Waals surface area contributed by atoms with E-state index in [1.807, 2.05) is 30.3 Å². The average Bonchev–Trinajstić information content (AvgIpc) is 3.61. The molecule has 3 aromatic heterocycles. The van der Waals surface area contributed by atoms with Gasteiger partial charge in [0.25, 0.3) is 0 Å². The molecule has 2 aliphatic rings. The number of aromatic nitrogens is 5. The minimum Gasteiger partial charge on any atom is -0.493 e. The fourth-order valence-corrected chi connectivity index (χ4v) is 5.58. The number of ether oxygens (including phenoxy) is 3. The van der Waals surface area contributed by atoms with Crippen LogP contribution in [-0.4, -0.2) is 59.3 Å². The Morgan fingerprint density at radius 1 is 0.897 bits per heavy atom. The predicted octanol–water partition coefficient (Wildman–Crippen LogP) is 5.08. The van der Waals surface area contributed by atoms with Gasteiger partial charge >= 0.3 is 0 Å². The van der Waals surface area contributed by atoms with Crippen molar-refractivity contribution >= 4 is 17.5 Å². The summed E-state index contributed by atoms with van der Waals surface area (Å²) >= 11 is 0. The summed E-state index contributed by atoms with van der Waals surface area (Å²) in [6, 6.07) is 9.91. The molecule has 1 aliphatic carbocycles. The summed E-state index contributed by atoms with van der Waals surface area (Å²) in [7, 11) is 4.93. The van der Waals surface area contributed by atoms with Crippen LogP contribution >= 0.6 is 0 Å². The SMILES string of the molecule is COc1cc(C2=Cc3c(ncnc3N3CCC(c4nc(-c5ccc(OC)c(OC)c5)c(C)[nH]4)CC3)C2)ccn1. The lowest BCUT2D eigenvalue weighted by molar-refractivity contribution is 0.355. The van der Waals surface area contributed by atoms with Crippen LogP contribution in [0.1, 0.15) is 47.1 Å². The molecule has 0 bridgehead atoms. The second kappa shape index (κ2) is 10.4. The molecule has 9 nitrogen and oxygen atoms in total. The van der Waals surface area contributed by atoms with Gasteiger partial charge in [-0.15, -0.1) is 0 Å². The van der Waals surface area contributed by atoms with Crippen molar-refractivity contribution in [2.24, 2.45) is 0 Å². The number of pyridine rings is 1. The van der Waals surface area contributed by atoms with Gasteiger partial charge in [0.15, 0.2) is 11.5 Å². The molecule has 0 unspecified atom stereocenters. The highest BCUT2D eigenvalue weighted by molar-refractivity contribution is 5.91. The number of piperidine rings is 1. The van der Waals surface area contributed by atoms with Crippen LogP contribution < -0.4 is 19.1 Å². The Morgan fingerprint density at radius 3 is 2.49 bits per heavy atom. The van der Waals surface area contributed by atoms with Crippen LogP contribution in [0.25, 0.3) is 22.9 Å². The second-order valence-electron chi connectivity index (χ2n) is 9.92. The first kappa shape index (κ1) is 24.9. The van der Waals surface area contributed by atoms with Crippen LogP contribution in [-0.2, 0) is 6.42 Å². The number of nitrogens with zero attached hydrogens (tertiary/aromatic N) is 5. The maximum absolute atomic E-state index is 5.50. The summed E-state index contributed by atoms with van der Waals surface area (Å²) in [6.07, 6.45) is 8.46. The van der Waals surface area contributed by atoms with Gasteiger partial charge in [-0.2, -0.15) is 0 Å². The molecule has 9 heteroatoms. The molecule has 39 heavy (non-hydrogen) atoms. The molecular formula is C30H32N6O3. The van der Waals surface area contributed by atoms with E-state index in [-0.39, 0.29) is 0 Å². The van der Waals surface area contributed by atoms with E-state index in [0.29, 0.717) is 23.3 Å². The number of aryl methyl sites for hydroxylation is 1. The Bertz CT molecular complexity index is 1540. The molecule has 1 fully saturated rings.